The molecule has 31 heavy (non-hydrogen) atoms. The van der Waals surface area contributed by atoms with Gasteiger partial charge in [0.25, 0.3) is 0 Å². The predicted octanol–water partition coefficient (Wildman–Crippen LogP) is 3.85. The van der Waals surface area contributed by atoms with E-state index < -0.39 is 0 Å². The molecule has 0 spiro atoms. The fraction of sp³-hybridized carbons (Fsp3) is 0.167. The number of nitrogens with zero attached hydrogens (tertiary/aromatic N) is 4. The van der Waals surface area contributed by atoms with Crippen molar-refractivity contribution in [3.8, 4) is 39.8 Å². The highest BCUT2D eigenvalue weighted by Crippen LogP contribution is 2.34. The van der Waals surface area contributed by atoms with E-state index in [1.807, 2.05) is 36.4 Å². The molecule has 2 N–H and O–H groups in total. The number of hydrogen-bond acceptors (Lipinski definition) is 6. The summed E-state index contributed by atoms with van der Waals surface area (Å²) in [6, 6.07) is 20.7. The van der Waals surface area contributed by atoms with Gasteiger partial charge in [0.05, 0.1) is 24.6 Å². The van der Waals surface area contributed by atoms with Gasteiger partial charge in [0, 0.05) is 36.1 Å². The SMILES string of the molecule is Oc1ccc(-c2cc(-c3cccc(N4CCOCC4)c3)nn2-c2ccccn2)cc1O. The lowest BCUT2D eigenvalue weighted by Gasteiger charge is -2.29. The second-order valence-electron chi connectivity index (χ2n) is 7.37. The first kappa shape index (κ1) is 19.1. The van der Waals surface area contributed by atoms with Crippen molar-refractivity contribution in [1.29, 1.82) is 0 Å². The molecule has 2 aromatic heterocycles. The Morgan fingerprint density at radius 3 is 2.45 bits per heavy atom. The van der Waals surface area contributed by atoms with Gasteiger partial charge in [-0.2, -0.15) is 5.10 Å². The van der Waals surface area contributed by atoms with Gasteiger partial charge < -0.3 is 19.8 Å². The Hall–Kier alpha value is -3.84. The van der Waals surface area contributed by atoms with Gasteiger partial charge >= 0.3 is 0 Å². The number of phenols is 2. The number of rotatable bonds is 4. The first-order chi connectivity index (χ1) is 15.2. The number of ether oxygens (including phenoxy) is 1. The molecular formula is C24H22N4O3. The molecule has 1 fully saturated rings. The number of morpholine rings is 1. The quantitative estimate of drug-likeness (QED) is 0.494. The van der Waals surface area contributed by atoms with E-state index >= 15 is 0 Å². The molecule has 4 aromatic rings. The Bertz CT molecular complexity index is 1200. The third-order valence-corrected chi connectivity index (χ3v) is 5.36. The van der Waals surface area contributed by atoms with E-state index in [0.717, 1.165) is 54.5 Å². The minimum absolute atomic E-state index is 0.161. The van der Waals surface area contributed by atoms with Crippen LogP contribution in [0.25, 0.3) is 28.3 Å². The molecule has 7 heteroatoms. The number of pyridine rings is 1. The maximum atomic E-state index is 10.0. The van der Waals surface area contributed by atoms with Crippen molar-refractivity contribution < 1.29 is 14.9 Å². The summed E-state index contributed by atoms with van der Waals surface area (Å²) in [5.41, 5.74) is 4.41. The maximum Gasteiger partial charge on any atom is 0.158 e. The summed E-state index contributed by atoms with van der Waals surface area (Å²) in [7, 11) is 0. The van der Waals surface area contributed by atoms with Crippen LogP contribution in [0.3, 0.4) is 0 Å². The molecule has 0 amide bonds. The summed E-state index contributed by atoms with van der Waals surface area (Å²) in [6.07, 6.45) is 1.72. The molecule has 1 saturated heterocycles. The molecule has 2 aromatic carbocycles. The van der Waals surface area contributed by atoms with Crippen molar-refractivity contribution in [2.75, 3.05) is 31.2 Å². The first-order valence-electron chi connectivity index (χ1n) is 10.2. The normalized spacial score (nSPS) is 14.0. The van der Waals surface area contributed by atoms with E-state index in [2.05, 4.69) is 22.0 Å². The highest BCUT2D eigenvalue weighted by atomic mass is 16.5. The van der Waals surface area contributed by atoms with Crippen LogP contribution in [0.1, 0.15) is 0 Å². The van der Waals surface area contributed by atoms with E-state index in [-0.39, 0.29) is 11.5 Å². The van der Waals surface area contributed by atoms with Gasteiger partial charge in [0.15, 0.2) is 17.3 Å². The second-order valence-corrected chi connectivity index (χ2v) is 7.37. The van der Waals surface area contributed by atoms with Crippen molar-refractivity contribution in [3.63, 3.8) is 0 Å². The van der Waals surface area contributed by atoms with Crippen molar-refractivity contribution in [1.82, 2.24) is 14.8 Å². The van der Waals surface area contributed by atoms with Crippen LogP contribution in [-0.4, -0.2) is 51.3 Å². The lowest BCUT2D eigenvalue weighted by atomic mass is 10.1. The Balaban J connectivity index is 1.60. The molecule has 0 bridgehead atoms. The van der Waals surface area contributed by atoms with Crippen molar-refractivity contribution in [3.05, 3.63) is 72.9 Å². The zero-order valence-electron chi connectivity index (χ0n) is 16.8. The largest absolute Gasteiger partial charge is 0.504 e. The number of benzene rings is 2. The van der Waals surface area contributed by atoms with Crippen LogP contribution in [0.4, 0.5) is 5.69 Å². The number of anilines is 1. The zero-order chi connectivity index (χ0) is 21.2. The van der Waals surface area contributed by atoms with Crippen molar-refractivity contribution in [2.24, 2.45) is 0 Å². The summed E-state index contributed by atoms with van der Waals surface area (Å²) in [4.78, 5) is 6.75. The molecule has 7 nitrogen and oxygen atoms in total. The molecule has 5 rings (SSSR count). The third-order valence-electron chi connectivity index (χ3n) is 5.36. The monoisotopic (exact) mass is 414 g/mol. The van der Waals surface area contributed by atoms with E-state index in [9.17, 15) is 10.2 Å². The summed E-state index contributed by atoms with van der Waals surface area (Å²) in [6.45, 7) is 3.19. The van der Waals surface area contributed by atoms with Gasteiger partial charge in [0.1, 0.15) is 0 Å². The van der Waals surface area contributed by atoms with Crippen LogP contribution >= 0.6 is 0 Å². The molecule has 1 aliphatic heterocycles. The Labute approximate surface area is 179 Å². The van der Waals surface area contributed by atoms with Gasteiger partial charge in [-0.1, -0.05) is 18.2 Å². The van der Waals surface area contributed by atoms with E-state index in [4.69, 9.17) is 9.84 Å². The van der Waals surface area contributed by atoms with Gasteiger partial charge in [-0.05, 0) is 48.5 Å². The Morgan fingerprint density at radius 2 is 1.68 bits per heavy atom. The molecule has 0 aliphatic carbocycles. The summed E-state index contributed by atoms with van der Waals surface area (Å²) in [5, 5.41) is 24.6. The average Bonchev–Trinajstić information content (AvgIpc) is 3.28. The average molecular weight is 414 g/mol. The number of aromatic hydroxyl groups is 2. The second kappa shape index (κ2) is 8.12. The van der Waals surface area contributed by atoms with Crippen LogP contribution in [0, 0.1) is 0 Å². The van der Waals surface area contributed by atoms with E-state index in [0.29, 0.717) is 5.82 Å². The van der Waals surface area contributed by atoms with Crippen LogP contribution in [-0.2, 0) is 4.74 Å². The predicted molar refractivity (Wildman–Crippen MR) is 119 cm³/mol. The maximum absolute atomic E-state index is 10.0. The van der Waals surface area contributed by atoms with Gasteiger partial charge in [0.2, 0.25) is 0 Å². The van der Waals surface area contributed by atoms with Gasteiger partial charge in [-0.3, -0.25) is 0 Å². The lowest BCUT2D eigenvalue weighted by molar-refractivity contribution is 0.122. The van der Waals surface area contributed by atoms with Crippen LogP contribution in [0.15, 0.2) is 72.9 Å². The fourth-order valence-corrected chi connectivity index (χ4v) is 3.75. The highest BCUT2D eigenvalue weighted by molar-refractivity contribution is 5.73. The number of hydrogen-bond donors (Lipinski definition) is 2. The molecule has 3 heterocycles. The number of aromatic nitrogens is 3. The van der Waals surface area contributed by atoms with Crippen LogP contribution in [0.5, 0.6) is 11.5 Å². The summed E-state index contributed by atoms with van der Waals surface area (Å²) in [5.74, 6) is 0.328. The zero-order valence-corrected chi connectivity index (χ0v) is 16.8. The molecule has 1 aliphatic rings. The molecule has 156 valence electrons. The summed E-state index contributed by atoms with van der Waals surface area (Å²) >= 11 is 0. The molecule has 0 saturated carbocycles. The minimum Gasteiger partial charge on any atom is -0.504 e. The Kier molecular flexibility index (Phi) is 5.01. The molecule has 0 radical (unpaired) electrons. The van der Waals surface area contributed by atoms with Crippen LogP contribution in [0.2, 0.25) is 0 Å². The standard InChI is InChI=1S/C24H22N4O3/c29-22-8-7-18(15-23(22)30)21-16-20(26-28(21)24-6-1-2-9-25-24)17-4-3-5-19(14-17)27-10-12-31-13-11-27/h1-9,14-16,29-30H,10-13H2. The van der Waals surface area contributed by atoms with E-state index in [1.54, 1.807) is 16.9 Å². The topological polar surface area (TPSA) is 83.6 Å². The number of phenolic OH excluding ortho intramolecular Hbond substituents is 2. The third kappa shape index (κ3) is 3.83. The van der Waals surface area contributed by atoms with Crippen molar-refractivity contribution >= 4 is 5.69 Å². The lowest BCUT2D eigenvalue weighted by Crippen LogP contribution is -2.36. The van der Waals surface area contributed by atoms with E-state index in [1.165, 1.54) is 12.1 Å². The first-order valence-corrected chi connectivity index (χ1v) is 10.2. The molecular weight excluding hydrogens is 392 g/mol. The molecule has 0 atom stereocenters. The smallest absolute Gasteiger partial charge is 0.158 e. The fourth-order valence-electron chi connectivity index (χ4n) is 3.75. The van der Waals surface area contributed by atoms with Crippen molar-refractivity contribution in [2.45, 2.75) is 0 Å². The minimum atomic E-state index is -0.179. The molecule has 0 unspecified atom stereocenters. The Morgan fingerprint density at radius 1 is 0.806 bits per heavy atom. The van der Waals surface area contributed by atoms with Crippen LogP contribution < -0.4 is 4.90 Å². The van der Waals surface area contributed by atoms with Gasteiger partial charge in [-0.25, -0.2) is 9.67 Å². The highest BCUT2D eigenvalue weighted by Gasteiger charge is 2.17. The summed E-state index contributed by atoms with van der Waals surface area (Å²) < 4.78 is 7.22. The van der Waals surface area contributed by atoms with Gasteiger partial charge in [-0.15, -0.1) is 0 Å².